The molecule has 1 N–H and O–H groups in total. The van der Waals surface area contributed by atoms with Gasteiger partial charge in [-0.15, -0.1) is 0 Å². The second kappa shape index (κ2) is 3.15. The van der Waals surface area contributed by atoms with Crippen LogP contribution in [-0.2, 0) is 9.74 Å². The molecule has 0 aliphatic rings. The first kappa shape index (κ1) is 12.3. The molecule has 0 saturated carbocycles. The Hall–Kier alpha value is 0.630. The monoisotopic (exact) mass is 192 g/mol. The van der Waals surface area contributed by atoms with Gasteiger partial charge < -0.3 is 12.4 Å². The molecular weight excluding hydrogens is 183 g/mol. The van der Waals surface area contributed by atoms with E-state index in [9.17, 15) is 8.42 Å². The fourth-order valence-corrected chi connectivity index (χ4v) is 0. The van der Waals surface area contributed by atoms with E-state index in [-0.39, 0.29) is 12.4 Å². The highest BCUT2D eigenvalue weighted by molar-refractivity contribution is 8.54. The summed E-state index contributed by atoms with van der Waals surface area (Å²) in [5, 5.41) is 0. The van der Waals surface area contributed by atoms with Crippen molar-refractivity contribution in [2.24, 2.45) is 0 Å². The van der Waals surface area contributed by atoms with Crippen LogP contribution < -0.4 is 12.4 Å². The summed E-state index contributed by atoms with van der Waals surface area (Å²) < 4.78 is 28.9. The smallest absolute Gasteiger partial charge is 0.379 e. The van der Waals surface area contributed by atoms with Gasteiger partial charge in [0, 0.05) is 0 Å². The second-order valence-corrected chi connectivity index (χ2v) is 11.7. The fourth-order valence-electron chi connectivity index (χ4n) is 0. The summed E-state index contributed by atoms with van der Waals surface area (Å²) in [7, 11) is -3.73. The maximum atomic E-state index is 10.3. The zero-order valence-corrected chi connectivity index (χ0v) is 7.96. The molecule has 0 aromatic carbocycles. The zero-order valence-electron chi connectivity index (χ0n) is 5.50. The van der Waals surface area contributed by atoms with Crippen molar-refractivity contribution in [1.82, 2.24) is 0 Å². The van der Waals surface area contributed by atoms with E-state index in [1.54, 1.807) is 20.0 Å². The predicted octanol–water partition coefficient (Wildman–Crippen LogP) is -2.30. The number of rotatable bonds is 1. The van der Waals surface area contributed by atoms with Crippen LogP contribution in [-0.4, -0.2) is 33.0 Å². The molecule has 0 saturated heterocycles. The summed E-state index contributed by atoms with van der Waals surface area (Å²) in [6.45, 7) is 2.56. The number of hydrogen-bond acceptors (Lipinski definition) is 2. The van der Waals surface area contributed by atoms with Crippen molar-refractivity contribution in [2.75, 3.05) is 20.0 Å². The van der Waals surface area contributed by atoms with Gasteiger partial charge in [0.2, 0.25) is 0 Å². The molecule has 0 radical (unpaired) electrons. The molecule has 0 amide bonds. The number of halogens is 1. The lowest BCUT2D eigenvalue weighted by molar-refractivity contribution is -0.00000572. The Balaban J connectivity index is 0. The highest BCUT2D eigenvalue weighted by Gasteiger charge is 2.34. The van der Waals surface area contributed by atoms with Gasteiger partial charge in [-0.25, -0.2) is 0 Å². The van der Waals surface area contributed by atoms with Gasteiger partial charge in [-0.3, -0.25) is 4.55 Å². The van der Waals surface area contributed by atoms with Crippen LogP contribution in [0, 0.1) is 0 Å². The molecule has 0 aromatic heterocycles. The van der Waals surface area contributed by atoms with Gasteiger partial charge in [-0.1, -0.05) is 0 Å². The molecule has 3 nitrogen and oxygen atoms in total. The van der Waals surface area contributed by atoms with E-state index in [0.717, 1.165) is 0 Å². The fraction of sp³-hybridized carbons (Fsp3) is 1.00. The van der Waals surface area contributed by atoms with Crippen molar-refractivity contribution < 1.29 is 25.4 Å². The van der Waals surface area contributed by atoms with E-state index >= 15 is 0 Å². The summed E-state index contributed by atoms with van der Waals surface area (Å²) in [6, 6.07) is 0. The first-order valence-corrected chi connectivity index (χ1v) is 7.22. The van der Waals surface area contributed by atoms with E-state index in [4.69, 9.17) is 4.55 Å². The minimum Gasteiger partial charge on any atom is -1.00 e. The molecule has 0 aromatic rings. The normalized spacial score (nSPS) is 12.4. The first-order chi connectivity index (χ1) is 3.25. The molecule has 0 unspecified atom stereocenters. The molecule has 0 aliphatic heterocycles. The molecule has 0 aliphatic carbocycles. The third-order valence-electron chi connectivity index (χ3n) is 0.692. The lowest BCUT2D eigenvalue weighted by Crippen LogP contribution is -3.00. The van der Waals surface area contributed by atoms with Crippen LogP contribution in [0.5, 0.6) is 0 Å². The SMILES string of the molecule is C[P+](C)(C)S(=O)(=O)O.[Cl-]. The summed E-state index contributed by atoms with van der Waals surface area (Å²) in [5.74, 6) is 0. The molecule has 0 rings (SSSR count). The van der Waals surface area contributed by atoms with Crippen molar-refractivity contribution in [3.63, 3.8) is 0 Å². The summed E-state index contributed by atoms with van der Waals surface area (Å²) in [6.07, 6.45) is 0. The molecule has 0 fully saturated rings. The van der Waals surface area contributed by atoms with Crippen LogP contribution in [0.3, 0.4) is 0 Å². The average Bonchev–Trinajstić information content (AvgIpc) is 1.25. The van der Waals surface area contributed by atoms with Crippen LogP contribution in [0.2, 0.25) is 0 Å². The Kier molecular flexibility index (Phi) is 4.31. The van der Waals surface area contributed by atoms with Crippen molar-refractivity contribution >= 4 is 16.2 Å². The highest BCUT2D eigenvalue weighted by atomic mass is 35.5. The van der Waals surface area contributed by atoms with Gasteiger partial charge in [0.05, 0.1) is 20.0 Å². The van der Waals surface area contributed by atoms with Crippen LogP contribution in [0.15, 0.2) is 0 Å². The summed E-state index contributed by atoms with van der Waals surface area (Å²) in [4.78, 5) is 0. The van der Waals surface area contributed by atoms with E-state index in [1.807, 2.05) is 0 Å². The second-order valence-electron chi connectivity index (χ2n) is 2.34. The van der Waals surface area contributed by atoms with Crippen LogP contribution in [0.1, 0.15) is 0 Å². The highest BCUT2D eigenvalue weighted by Crippen LogP contribution is 2.52. The summed E-state index contributed by atoms with van der Waals surface area (Å²) >= 11 is 0. The zero-order chi connectivity index (χ0) is 7.00. The van der Waals surface area contributed by atoms with Gasteiger partial charge in [0.25, 0.3) is 0 Å². The average molecular weight is 193 g/mol. The van der Waals surface area contributed by atoms with Gasteiger partial charge in [0.1, 0.15) is 0 Å². The van der Waals surface area contributed by atoms with E-state index < -0.39 is 16.2 Å². The van der Waals surface area contributed by atoms with Crippen LogP contribution in [0.25, 0.3) is 0 Å². The molecule has 9 heavy (non-hydrogen) atoms. The lowest BCUT2D eigenvalue weighted by atomic mass is 11.9. The Bertz CT molecular complexity index is 168. The third-order valence-corrected chi connectivity index (χ3v) is 6.23. The molecule has 6 heteroatoms. The van der Waals surface area contributed by atoms with E-state index in [1.165, 1.54) is 0 Å². The van der Waals surface area contributed by atoms with E-state index in [2.05, 4.69) is 0 Å². The number of hydrogen-bond donors (Lipinski definition) is 1. The molecule has 0 heterocycles. The van der Waals surface area contributed by atoms with Crippen LogP contribution >= 0.6 is 6.46 Å². The van der Waals surface area contributed by atoms with Gasteiger partial charge in [0.15, 0.2) is 6.46 Å². The largest absolute Gasteiger partial charge is 1.00 e. The predicted molar refractivity (Wildman–Crippen MR) is 36.2 cm³/mol. The van der Waals surface area contributed by atoms with Crippen molar-refractivity contribution in [3.05, 3.63) is 0 Å². The molecule has 0 bridgehead atoms. The minimum atomic E-state index is -3.73. The quantitative estimate of drug-likeness (QED) is 0.376. The molecule has 0 atom stereocenters. The third kappa shape index (κ3) is 4.09. The Morgan fingerprint density at radius 3 is 1.33 bits per heavy atom. The van der Waals surface area contributed by atoms with Gasteiger partial charge in [-0.2, -0.15) is 8.42 Å². The molecular formula is C3H10ClO3PS. The van der Waals surface area contributed by atoms with Crippen molar-refractivity contribution in [2.45, 2.75) is 0 Å². The van der Waals surface area contributed by atoms with Crippen LogP contribution in [0.4, 0.5) is 0 Å². The Morgan fingerprint density at radius 1 is 1.22 bits per heavy atom. The Morgan fingerprint density at radius 2 is 1.33 bits per heavy atom. The van der Waals surface area contributed by atoms with Gasteiger partial charge in [-0.05, 0) is 0 Å². The summed E-state index contributed by atoms with van der Waals surface area (Å²) in [5.41, 5.74) is 0. The minimum absolute atomic E-state index is 0. The first-order valence-electron chi connectivity index (χ1n) is 2.04. The van der Waals surface area contributed by atoms with E-state index in [0.29, 0.717) is 0 Å². The van der Waals surface area contributed by atoms with Gasteiger partial charge >= 0.3 is 9.74 Å². The maximum Gasteiger partial charge on any atom is 0.379 e. The van der Waals surface area contributed by atoms with Crippen molar-refractivity contribution in [3.8, 4) is 0 Å². The maximum absolute atomic E-state index is 10.3. The molecule has 0 spiro atoms. The lowest BCUT2D eigenvalue weighted by Gasteiger charge is -2.03. The topological polar surface area (TPSA) is 54.4 Å². The molecule has 58 valence electrons. The Labute approximate surface area is 62.1 Å². The standard InChI is InChI=1S/C3H9O3PS.ClH/c1-7(2,3)8(4,5)6;/h1-3H3;1H. The van der Waals surface area contributed by atoms with Crippen molar-refractivity contribution in [1.29, 1.82) is 0 Å².